The summed E-state index contributed by atoms with van der Waals surface area (Å²) in [6, 6.07) is 13.1. The van der Waals surface area contributed by atoms with Crippen LogP contribution in [0.15, 0.2) is 53.7 Å². The topological polar surface area (TPSA) is 65.1 Å². The molecule has 162 valence electrons. The molecule has 1 aliphatic carbocycles. The van der Waals surface area contributed by atoms with Gasteiger partial charge in [-0.15, -0.1) is 0 Å². The average molecular weight is 421 g/mol. The smallest absolute Gasteiger partial charge is 0.232 e. The van der Waals surface area contributed by atoms with Gasteiger partial charge in [0, 0.05) is 41.3 Å². The number of allylic oxidation sites excluding steroid dienone is 2. The fourth-order valence-electron chi connectivity index (χ4n) is 4.60. The fraction of sp³-hybridized carbons (Fsp3) is 0.360. The van der Waals surface area contributed by atoms with Crippen molar-refractivity contribution in [3.8, 4) is 17.2 Å². The summed E-state index contributed by atoms with van der Waals surface area (Å²) < 4.78 is 16.6. The van der Waals surface area contributed by atoms with E-state index < -0.39 is 0 Å². The molecule has 2 aromatic carbocycles. The first-order valence-electron chi connectivity index (χ1n) is 10.6. The number of nitrogens with zero attached hydrogens (tertiary/aromatic N) is 1. The number of methoxy groups -OCH3 is 2. The molecular weight excluding hydrogens is 394 g/mol. The van der Waals surface area contributed by atoms with Crippen LogP contribution in [-0.2, 0) is 9.59 Å². The molecule has 0 bridgehead atoms. The molecule has 0 saturated heterocycles. The lowest BCUT2D eigenvalue weighted by atomic mass is 9.76. The van der Waals surface area contributed by atoms with Crippen LogP contribution in [0.4, 0.5) is 5.69 Å². The minimum absolute atomic E-state index is 0.0347. The van der Waals surface area contributed by atoms with Crippen LogP contribution in [0, 0.1) is 0 Å². The minimum atomic E-state index is -0.348. The highest BCUT2D eigenvalue weighted by Gasteiger charge is 2.41. The summed E-state index contributed by atoms with van der Waals surface area (Å²) in [5.41, 5.74) is 3.08. The number of hydrogen-bond acceptors (Lipinski definition) is 5. The molecule has 4 rings (SSSR count). The lowest BCUT2D eigenvalue weighted by molar-refractivity contribution is -0.119. The van der Waals surface area contributed by atoms with Gasteiger partial charge in [-0.25, -0.2) is 0 Å². The Kier molecular flexibility index (Phi) is 5.98. The van der Waals surface area contributed by atoms with Gasteiger partial charge in [-0.3, -0.25) is 14.5 Å². The normalized spacial score (nSPS) is 18.7. The van der Waals surface area contributed by atoms with Crippen molar-refractivity contribution in [2.75, 3.05) is 25.7 Å². The minimum Gasteiger partial charge on any atom is -0.494 e. The summed E-state index contributed by atoms with van der Waals surface area (Å²) in [5, 5.41) is 0. The zero-order valence-electron chi connectivity index (χ0n) is 18.1. The van der Waals surface area contributed by atoms with Crippen molar-refractivity contribution >= 4 is 17.4 Å². The number of anilines is 1. The number of hydrogen-bond donors (Lipinski definition) is 0. The number of benzene rings is 2. The van der Waals surface area contributed by atoms with Crippen LogP contribution in [-0.4, -0.2) is 32.5 Å². The van der Waals surface area contributed by atoms with Crippen molar-refractivity contribution in [2.24, 2.45) is 0 Å². The highest BCUT2D eigenvalue weighted by atomic mass is 16.5. The standard InChI is InChI=1S/C25H27NO5/c1-4-31-17-13-11-16(12-14-17)26-20-8-6-9-21(27)24(20)19(15-23(26)28)18-7-5-10-22(29-2)25(18)30-3/h5,7,10-14,19H,4,6,8-9,15H2,1-3H3. The lowest BCUT2D eigenvalue weighted by Gasteiger charge is -2.38. The number of Topliss-reactive ketones (excluding diaryl/α,β-unsaturated/α-hetero) is 1. The second-order valence-electron chi connectivity index (χ2n) is 7.63. The molecule has 2 aliphatic rings. The molecule has 1 unspecified atom stereocenters. The Balaban J connectivity index is 1.82. The lowest BCUT2D eigenvalue weighted by Crippen LogP contribution is -2.40. The van der Waals surface area contributed by atoms with Crippen LogP contribution < -0.4 is 19.1 Å². The summed E-state index contributed by atoms with van der Waals surface area (Å²) in [5.74, 6) is 1.63. The molecule has 0 saturated carbocycles. The zero-order chi connectivity index (χ0) is 22.0. The Hall–Kier alpha value is -3.28. The van der Waals surface area contributed by atoms with E-state index >= 15 is 0 Å². The fourth-order valence-corrected chi connectivity index (χ4v) is 4.60. The molecule has 1 aliphatic heterocycles. The summed E-state index contributed by atoms with van der Waals surface area (Å²) in [7, 11) is 3.16. The van der Waals surface area contributed by atoms with Crippen LogP contribution in [0.5, 0.6) is 17.2 Å². The summed E-state index contributed by atoms with van der Waals surface area (Å²) in [6.07, 6.45) is 2.11. The largest absolute Gasteiger partial charge is 0.494 e. The Morgan fingerprint density at radius 1 is 1.00 bits per heavy atom. The summed E-state index contributed by atoms with van der Waals surface area (Å²) >= 11 is 0. The van der Waals surface area contributed by atoms with E-state index in [4.69, 9.17) is 14.2 Å². The SMILES string of the molecule is CCOc1ccc(N2C(=O)CC(c3cccc(OC)c3OC)C3=C2CCCC3=O)cc1. The summed E-state index contributed by atoms with van der Waals surface area (Å²) in [6.45, 7) is 2.51. The molecule has 0 aromatic heterocycles. The maximum absolute atomic E-state index is 13.4. The molecular formula is C25H27NO5. The van der Waals surface area contributed by atoms with Crippen molar-refractivity contribution in [1.29, 1.82) is 0 Å². The van der Waals surface area contributed by atoms with Crippen LogP contribution in [0.25, 0.3) is 0 Å². The number of ketones is 1. The Bertz CT molecular complexity index is 1020. The Labute approximate surface area is 182 Å². The second kappa shape index (κ2) is 8.84. The maximum atomic E-state index is 13.4. The molecule has 0 N–H and O–H groups in total. The number of ether oxygens (including phenoxy) is 3. The first-order chi connectivity index (χ1) is 15.1. The van der Waals surface area contributed by atoms with Crippen LogP contribution >= 0.6 is 0 Å². The molecule has 1 amide bonds. The van der Waals surface area contributed by atoms with E-state index in [1.807, 2.05) is 49.4 Å². The van der Waals surface area contributed by atoms with Crippen molar-refractivity contribution in [3.63, 3.8) is 0 Å². The zero-order valence-corrected chi connectivity index (χ0v) is 18.1. The Morgan fingerprint density at radius 3 is 2.45 bits per heavy atom. The highest BCUT2D eigenvalue weighted by Crippen LogP contribution is 2.47. The van der Waals surface area contributed by atoms with Gasteiger partial charge in [0.15, 0.2) is 17.3 Å². The van der Waals surface area contributed by atoms with E-state index in [0.717, 1.165) is 29.1 Å². The van der Waals surface area contributed by atoms with Crippen LogP contribution in [0.3, 0.4) is 0 Å². The monoisotopic (exact) mass is 421 g/mol. The van der Waals surface area contributed by atoms with E-state index in [9.17, 15) is 9.59 Å². The van der Waals surface area contributed by atoms with Gasteiger partial charge in [0.25, 0.3) is 0 Å². The third-order valence-electron chi connectivity index (χ3n) is 5.89. The van der Waals surface area contributed by atoms with Crippen molar-refractivity contribution in [3.05, 3.63) is 59.3 Å². The van der Waals surface area contributed by atoms with Crippen molar-refractivity contribution < 1.29 is 23.8 Å². The summed E-state index contributed by atoms with van der Waals surface area (Å²) in [4.78, 5) is 28.2. The molecule has 0 fully saturated rings. The first kappa shape index (κ1) is 21.0. The number of carbonyl (C=O) groups excluding carboxylic acids is 2. The molecule has 6 heteroatoms. The van der Waals surface area contributed by atoms with Gasteiger partial charge in [-0.2, -0.15) is 0 Å². The molecule has 31 heavy (non-hydrogen) atoms. The third-order valence-corrected chi connectivity index (χ3v) is 5.89. The predicted molar refractivity (Wildman–Crippen MR) is 118 cm³/mol. The quantitative estimate of drug-likeness (QED) is 0.680. The molecule has 2 aromatic rings. The van der Waals surface area contributed by atoms with Gasteiger partial charge in [0.2, 0.25) is 5.91 Å². The molecule has 1 heterocycles. The van der Waals surface area contributed by atoms with E-state index in [0.29, 0.717) is 36.5 Å². The van der Waals surface area contributed by atoms with E-state index in [1.54, 1.807) is 19.1 Å². The van der Waals surface area contributed by atoms with Crippen LogP contribution in [0.1, 0.15) is 44.1 Å². The number of carbonyl (C=O) groups is 2. The molecule has 1 atom stereocenters. The molecule has 0 radical (unpaired) electrons. The predicted octanol–water partition coefficient (Wildman–Crippen LogP) is 4.63. The van der Waals surface area contributed by atoms with E-state index in [1.165, 1.54) is 0 Å². The number of para-hydroxylation sites is 1. The molecule has 6 nitrogen and oxygen atoms in total. The molecule has 0 spiro atoms. The third kappa shape index (κ3) is 3.78. The van der Waals surface area contributed by atoms with E-state index in [2.05, 4.69) is 0 Å². The van der Waals surface area contributed by atoms with Gasteiger partial charge in [0.1, 0.15) is 5.75 Å². The Morgan fingerprint density at radius 2 is 1.77 bits per heavy atom. The van der Waals surface area contributed by atoms with Gasteiger partial charge >= 0.3 is 0 Å². The van der Waals surface area contributed by atoms with Crippen molar-refractivity contribution in [2.45, 2.75) is 38.5 Å². The average Bonchev–Trinajstić information content (AvgIpc) is 2.79. The van der Waals surface area contributed by atoms with E-state index in [-0.39, 0.29) is 24.0 Å². The van der Waals surface area contributed by atoms with Gasteiger partial charge < -0.3 is 14.2 Å². The number of amides is 1. The van der Waals surface area contributed by atoms with Gasteiger partial charge in [-0.05, 0) is 50.1 Å². The van der Waals surface area contributed by atoms with Crippen molar-refractivity contribution in [1.82, 2.24) is 0 Å². The first-order valence-corrected chi connectivity index (χ1v) is 10.6. The van der Waals surface area contributed by atoms with Gasteiger partial charge in [-0.1, -0.05) is 12.1 Å². The second-order valence-corrected chi connectivity index (χ2v) is 7.63. The number of rotatable bonds is 6. The maximum Gasteiger partial charge on any atom is 0.232 e. The van der Waals surface area contributed by atoms with Gasteiger partial charge in [0.05, 0.1) is 20.8 Å². The van der Waals surface area contributed by atoms with Crippen LogP contribution in [0.2, 0.25) is 0 Å². The highest BCUT2D eigenvalue weighted by molar-refractivity contribution is 6.07.